The highest BCUT2D eigenvalue weighted by atomic mass is 32.1. The summed E-state index contributed by atoms with van der Waals surface area (Å²) in [5.74, 6) is 2.54. The van der Waals surface area contributed by atoms with Crippen LogP contribution in [0.1, 0.15) is 69.7 Å². The van der Waals surface area contributed by atoms with Crippen molar-refractivity contribution in [1.82, 2.24) is 5.32 Å². The lowest BCUT2D eigenvalue weighted by molar-refractivity contribution is 0.175. The van der Waals surface area contributed by atoms with Gasteiger partial charge in [0.1, 0.15) is 0 Å². The Balaban J connectivity index is 1.75. The molecule has 1 aromatic rings. The van der Waals surface area contributed by atoms with Crippen LogP contribution in [0.15, 0.2) is 17.5 Å². The van der Waals surface area contributed by atoms with E-state index in [0.29, 0.717) is 6.04 Å². The summed E-state index contributed by atoms with van der Waals surface area (Å²) in [6.45, 7) is 4.90. The van der Waals surface area contributed by atoms with Gasteiger partial charge < -0.3 is 5.32 Å². The minimum Gasteiger partial charge on any atom is -0.306 e. The molecule has 0 amide bonds. The molecule has 1 aromatic heterocycles. The highest BCUT2D eigenvalue weighted by Crippen LogP contribution is 2.39. The van der Waals surface area contributed by atoms with Crippen LogP contribution in [-0.2, 0) is 0 Å². The first-order valence-corrected chi connectivity index (χ1v) is 9.43. The van der Waals surface area contributed by atoms with Crippen LogP contribution >= 0.6 is 11.3 Å². The average molecular weight is 292 g/mol. The van der Waals surface area contributed by atoms with E-state index in [1.54, 1.807) is 4.88 Å². The number of hydrogen-bond acceptors (Lipinski definition) is 2. The van der Waals surface area contributed by atoms with Gasteiger partial charge in [0.15, 0.2) is 0 Å². The SMILES string of the molecule is CC1CCCC(C)C1NC(c1cccs1)C1CCCC1. The molecule has 2 saturated carbocycles. The number of rotatable bonds is 4. The molecule has 0 spiro atoms. The molecule has 1 nitrogen and oxygen atoms in total. The molecule has 112 valence electrons. The zero-order chi connectivity index (χ0) is 13.9. The fraction of sp³-hybridized carbons (Fsp3) is 0.778. The summed E-state index contributed by atoms with van der Waals surface area (Å²) in [6, 6.07) is 5.90. The van der Waals surface area contributed by atoms with E-state index in [9.17, 15) is 0 Å². The summed E-state index contributed by atoms with van der Waals surface area (Å²) in [5.41, 5.74) is 0. The Morgan fingerprint density at radius 2 is 1.75 bits per heavy atom. The minimum absolute atomic E-state index is 0.616. The van der Waals surface area contributed by atoms with Gasteiger partial charge in [0.2, 0.25) is 0 Å². The largest absolute Gasteiger partial charge is 0.306 e. The minimum atomic E-state index is 0.616. The highest BCUT2D eigenvalue weighted by molar-refractivity contribution is 7.10. The van der Waals surface area contributed by atoms with Crippen molar-refractivity contribution in [3.63, 3.8) is 0 Å². The Morgan fingerprint density at radius 1 is 1.05 bits per heavy atom. The predicted octanol–water partition coefficient (Wildman–Crippen LogP) is 5.39. The van der Waals surface area contributed by atoms with Crippen molar-refractivity contribution in [3.8, 4) is 0 Å². The summed E-state index contributed by atoms with van der Waals surface area (Å²) in [7, 11) is 0. The van der Waals surface area contributed by atoms with E-state index in [4.69, 9.17) is 0 Å². The summed E-state index contributed by atoms with van der Waals surface area (Å²) >= 11 is 1.95. The van der Waals surface area contributed by atoms with Gasteiger partial charge in [0.25, 0.3) is 0 Å². The third-order valence-electron chi connectivity index (χ3n) is 5.64. The van der Waals surface area contributed by atoms with Gasteiger partial charge in [-0.2, -0.15) is 0 Å². The van der Waals surface area contributed by atoms with Crippen LogP contribution < -0.4 is 5.32 Å². The van der Waals surface area contributed by atoms with Gasteiger partial charge >= 0.3 is 0 Å². The molecule has 0 bridgehead atoms. The quantitative estimate of drug-likeness (QED) is 0.784. The summed E-state index contributed by atoms with van der Waals surface area (Å²) in [6.07, 6.45) is 9.95. The number of nitrogens with one attached hydrogen (secondary N) is 1. The van der Waals surface area contributed by atoms with E-state index >= 15 is 0 Å². The van der Waals surface area contributed by atoms with E-state index in [0.717, 1.165) is 23.8 Å². The van der Waals surface area contributed by atoms with Crippen molar-refractivity contribution in [1.29, 1.82) is 0 Å². The molecule has 2 fully saturated rings. The fourth-order valence-electron chi connectivity index (χ4n) is 4.43. The van der Waals surface area contributed by atoms with Crippen molar-refractivity contribution < 1.29 is 0 Å². The molecule has 1 heterocycles. The topological polar surface area (TPSA) is 12.0 Å². The normalized spacial score (nSPS) is 33.4. The van der Waals surface area contributed by atoms with Crippen molar-refractivity contribution in [2.45, 2.75) is 70.9 Å². The molecule has 3 atom stereocenters. The van der Waals surface area contributed by atoms with E-state index in [1.807, 2.05) is 11.3 Å². The van der Waals surface area contributed by atoms with E-state index in [2.05, 4.69) is 36.7 Å². The highest BCUT2D eigenvalue weighted by Gasteiger charge is 2.34. The smallest absolute Gasteiger partial charge is 0.0445 e. The molecule has 2 heteroatoms. The van der Waals surface area contributed by atoms with E-state index in [1.165, 1.54) is 44.9 Å². The Labute approximate surface area is 128 Å². The van der Waals surface area contributed by atoms with Crippen molar-refractivity contribution in [2.24, 2.45) is 17.8 Å². The van der Waals surface area contributed by atoms with Crippen LogP contribution in [0.25, 0.3) is 0 Å². The first kappa shape index (κ1) is 14.6. The third-order valence-corrected chi connectivity index (χ3v) is 6.59. The lowest BCUT2D eigenvalue weighted by Crippen LogP contribution is -2.45. The van der Waals surface area contributed by atoms with Crippen molar-refractivity contribution in [2.75, 3.05) is 0 Å². The zero-order valence-electron chi connectivity index (χ0n) is 13.0. The van der Waals surface area contributed by atoms with Crippen LogP contribution in [0, 0.1) is 17.8 Å². The Morgan fingerprint density at radius 3 is 2.35 bits per heavy atom. The molecule has 0 radical (unpaired) electrons. The van der Waals surface area contributed by atoms with Gasteiger partial charge in [-0.3, -0.25) is 0 Å². The Bertz CT molecular complexity index is 384. The molecule has 2 aliphatic rings. The molecule has 2 aliphatic carbocycles. The van der Waals surface area contributed by atoms with Crippen LogP contribution in [0.3, 0.4) is 0 Å². The van der Waals surface area contributed by atoms with Gasteiger partial charge in [-0.1, -0.05) is 39.2 Å². The van der Waals surface area contributed by atoms with Gasteiger partial charge in [-0.05, 0) is 54.9 Å². The maximum Gasteiger partial charge on any atom is 0.0445 e. The van der Waals surface area contributed by atoms with Crippen LogP contribution in [0.4, 0.5) is 0 Å². The van der Waals surface area contributed by atoms with Crippen molar-refractivity contribution in [3.05, 3.63) is 22.4 Å². The van der Waals surface area contributed by atoms with Crippen LogP contribution in [-0.4, -0.2) is 6.04 Å². The monoisotopic (exact) mass is 291 g/mol. The molecule has 3 rings (SSSR count). The molecular formula is C18H29NS. The molecule has 0 aliphatic heterocycles. The molecule has 3 unspecified atom stereocenters. The second-order valence-corrected chi connectivity index (χ2v) is 8.09. The summed E-state index contributed by atoms with van der Waals surface area (Å²) in [5, 5.41) is 6.35. The lowest BCUT2D eigenvalue weighted by atomic mass is 9.78. The molecule has 1 N–H and O–H groups in total. The van der Waals surface area contributed by atoms with E-state index < -0.39 is 0 Å². The van der Waals surface area contributed by atoms with Gasteiger partial charge in [-0.15, -0.1) is 11.3 Å². The molecule has 20 heavy (non-hydrogen) atoms. The number of hydrogen-bond donors (Lipinski definition) is 1. The van der Waals surface area contributed by atoms with Crippen molar-refractivity contribution >= 4 is 11.3 Å². The van der Waals surface area contributed by atoms with E-state index in [-0.39, 0.29) is 0 Å². The summed E-state index contributed by atoms with van der Waals surface area (Å²) in [4.78, 5) is 1.57. The number of thiophene rings is 1. The average Bonchev–Trinajstić information content (AvgIpc) is 3.12. The maximum atomic E-state index is 4.11. The second-order valence-electron chi connectivity index (χ2n) is 7.12. The standard InChI is InChI=1S/C18H29NS/c1-13-7-5-8-14(2)17(13)19-18(15-9-3-4-10-15)16-11-6-12-20-16/h6,11-15,17-19H,3-5,7-10H2,1-2H3. The fourth-order valence-corrected chi connectivity index (χ4v) is 5.31. The maximum absolute atomic E-state index is 4.11. The molecule has 0 saturated heterocycles. The van der Waals surface area contributed by atoms with Gasteiger partial charge in [0.05, 0.1) is 0 Å². The van der Waals surface area contributed by atoms with Crippen LogP contribution in [0.5, 0.6) is 0 Å². The zero-order valence-corrected chi connectivity index (χ0v) is 13.8. The second kappa shape index (κ2) is 6.62. The molecule has 0 aromatic carbocycles. The molecular weight excluding hydrogens is 262 g/mol. The summed E-state index contributed by atoms with van der Waals surface area (Å²) < 4.78 is 0. The first-order valence-electron chi connectivity index (χ1n) is 8.55. The lowest BCUT2D eigenvalue weighted by Gasteiger charge is -2.39. The van der Waals surface area contributed by atoms with Gasteiger partial charge in [0, 0.05) is 17.0 Å². The third kappa shape index (κ3) is 3.12. The van der Waals surface area contributed by atoms with Gasteiger partial charge in [-0.25, -0.2) is 0 Å². The Hall–Kier alpha value is -0.340. The predicted molar refractivity (Wildman–Crippen MR) is 88.1 cm³/mol. The first-order chi connectivity index (χ1) is 9.75. The Kier molecular flexibility index (Phi) is 4.83. The van der Waals surface area contributed by atoms with Crippen LogP contribution in [0.2, 0.25) is 0 Å².